The summed E-state index contributed by atoms with van der Waals surface area (Å²) < 4.78 is 1.15. The molecule has 2 nitrogen and oxygen atoms in total. The highest BCUT2D eigenvalue weighted by atomic mass is 35.5. The zero-order valence-corrected chi connectivity index (χ0v) is 13.7. The van der Waals surface area contributed by atoms with Gasteiger partial charge in [-0.3, -0.25) is 0 Å². The van der Waals surface area contributed by atoms with Gasteiger partial charge < -0.3 is 5.32 Å². The molecule has 0 unspecified atom stereocenters. The van der Waals surface area contributed by atoms with Gasteiger partial charge in [0.15, 0.2) is 5.13 Å². The van der Waals surface area contributed by atoms with Crippen molar-refractivity contribution >= 4 is 44.0 Å². The molecule has 21 heavy (non-hydrogen) atoms. The van der Waals surface area contributed by atoms with Gasteiger partial charge in [0.2, 0.25) is 0 Å². The fraction of sp³-hybridized carbons (Fsp3) is 0.235. The summed E-state index contributed by atoms with van der Waals surface area (Å²) in [5.41, 5.74) is 4.80. The van der Waals surface area contributed by atoms with Crippen LogP contribution in [-0.2, 0) is 12.8 Å². The van der Waals surface area contributed by atoms with Crippen LogP contribution in [0.3, 0.4) is 0 Å². The van der Waals surface area contributed by atoms with Crippen molar-refractivity contribution in [3.05, 3.63) is 52.5 Å². The summed E-state index contributed by atoms with van der Waals surface area (Å²) >= 11 is 7.69. The van der Waals surface area contributed by atoms with Gasteiger partial charge in [-0.05, 0) is 42.2 Å². The van der Waals surface area contributed by atoms with E-state index in [1.165, 1.54) is 16.8 Å². The fourth-order valence-corrected chi connectivity index (χ4v) is 3.48. The summed E-state index contributed by atoms with van der Waals surface area (Å²) in [6.07, 6.45) is 2.01. The number of aromatic nitrogens is 1. The minimum atomic E-state index is 0.725. The summed E-state index contributed by atoms with van der Waals surface area (Å²) in [6, 6.07) is 12.3. The predicted molar refractivity (Wildman–Crippen MR) is 93.1 cm³/mol. The Balaban J connectivity index is 2.02. The third-order valence-electron chi connectivity index (χ3n) is 3.58. The molecule has 0 amide bonds. The van der Waals surface area contributed by atoms with E-state index in [0.29, 0.717) is 0 Å². The van der Waals surface area contributed by atoms with Gasteiger partial charge in [0.1, 0.15) is 0 Å². The van der Waals surface area contributed by atoms with Gasteiger partial charge in [0, 0.05) is 10.7 Å². The van der Waals surface area contributed by atoms with Gasteiger partial charge in [-0.1, -0.05) is 55.0 Å². The molecule has 0 bridgehead atoms. The first-order chi connectivity index (χ1) is 10.2. The Bertz CT molecular complexity index is 757. The molecule has 1 N–H and O–H groups in total. The average molecular weight is 317 g/mol. The van der Waals surface area contributed by atoms with Gasteiger partial charge in [-0.2, -0.15) is 0 Å². The minimum absolute atomic E-state index is 0.725. The molecule has 1 heterocycles. The largest absolute Gasteiger partial charge is 0.331 e. The first-order valence-electron chi connectivity index (χ1n) is 7.15. The topological polar surface area (TPSA) is 24.9 Å². The zero-order valence-electron chi connectivity index (χ0n) is 12.1. The minimum Gasteiger partial charge on any atom is -0.331 e. The van der Waals surface area contributed by atoms with E-state index in [9.17, 15) is 0 Å². The lowest BCUT2D eigenvalue weighted by atomic mass is 10.0. The molecule has 0 radical (unpaired) electrons. The highest BCUT2D eigenvalue weighted by Crippen LogP contribution is 2.32. The molecule has 0 saturated heterocycles. The first-order valence-corrected chi connectivity index (χ1v) is 8.34. The van der Waals surface area contributed by atoms with E-state index in [0.717, 1.165) is 33.2 Å². The van der Waals surface area contributed by atoms with Crippen molar-refractivity contribution in [1.29, 1.82) is 0 Å². The number of nitrogens with one attached hydrogen (secondary N) is 1. The molecule has 0 atom stereocenters. The van der Waals surface area contributed by atoms with Crippen molar-refractivity contribution in [1.82, 2.24) is 4.98 Å². The zero-order chi connectivity index (χ0) is 14.8. The number of rotatable bonds is 4. The maximum Gasteiger partial charge on any atom is 0.188 e. The van der Waals surface area contributed by atoms with Gasteiger partial charge >= 0.3 is 0 Å². The Morgan fingerprint density at radius 2 is 1.81 bits per heavy atom. The van der Waals surface area contributed by atoms with Crippen LogP contribution in [0, 0.1) is 0 Å². The summed E-state index contributed by atoms with van der Waals surface area (Å²) in [5, 5.41) is 5.16. The highest BCUT2D eigenvalue weighted by Gasteiger charge is 2.10. The second kappa shape index (κ2) is 6.04. The van der Waals surface area contributed by atoms with Crippen LogP contribution in [0.5, 0.6) is 0 Å². The van der Waals surface area contributed by atoms with Crippen LogP contribution in [0.4, 0.5) is 10.8 Å². The molecule has 0 fully saturated rings. The molecule has 0 spiro atoms. The number of anilines is 2. The molecule has 0 aliphatic carbocycles. The molecule has 3 rings (SSSR count). The van der Waals surface area contributed by atoms with Gasteiger partial charge in [0.25, 0.3) is 0 Å². The number of nitrogens with zero attached hydrogens (tertiary/aromatic N) is 1. The molecule has 0 saturated carbocycles. The average Bonchev–Trinajstić information content (AvgIpc) is 2.88. The molecule has 3 aromatic rings. The summed E-state index contributed by atoms with van der Waals surface area (Å²) in [4.78, 5) is 4.64. The van der Waals surface area contributed by atoms with Crippen LogP contribution in [0.25, 0.3) is 10.2 Å². The van der Waals surface area contributed by atoms with Crippen molar-refractivity contribution < 1.29 is 0 Å². The number of hydrogen-bond donors (Lipinski definition) is 1. The standard InChI is InChI=1S/C17H17ClN2S/c1-3-11-6-5-7-12(4-2)16(11)20-17-19-14-10-13(18)8-9-15(14)21-17/h5-10H,3-4H2,1-2H3,(H,19,20). The van der Waals surface area contributed by atoms with Gasteiger partial charge in [-0.15, -0.1) is 0 Å². The van der Waals surface area contributed by atoms with Crippen molar-refractivity contribution in [3.63, 3.8) is 0 Å². The van der Waals surface area contributed by atoms with E-state index < -0.39 is 0 Å². The van der Waals surface area contributed by atoms with Gasteiger partial charge in [0.05, 0.1) is 10.2 Å². The number of benzene rings is 2. The van der Waals surface area contributed by atoms with Crippen LogP contribution in [0.1, 0.15) is 25.0 Å². The molecule has 0 aliphatic rings. The number of thiazole rings is 1. The Hall–Kier alpha value is -1.58. The van der Waals surface area contributed by atoms with Crippen molar-refractivity contribution in [3.8, 4) is 0 Å². The fourth-order valence-electron chi connectivity index (χ4n) is 2.46. The monoisotopic (exact) mass is 316 g/mol. The first kappa shape index (κ1) is 14.4. The molecule has 2 aromatic carbocycles. The third kappa shape index (κ3) is 2.89. The molecule has 0 aliphatic heterocycles. The normalized spacial score (nSPS) is 11.0. The number of fused-ring (bicyclic) bond motifs is 1. The molecular weight excluding hydrogens is 300 g/mol. The predicted octanol–water partition coefficient (Wildman–Crippen LogP) is 5.82. The summed E-state index contributed by atoms with van der Waals surface area (Å²) in [7, 11) is 0. The molecule has 108 valence electrons. The lowest BCUT2D eigenvalue weighted by Gasteiger charge is -2.13. The second-order valence-electron chi connectivity index (χ2n) is 4.91. The maximum atomic E-state index is 6.03. The number of para-hydroxylation sites is 1. The maximum absolute atomic E-state index is 6.03. The van der Waals surface area contributed by atoms with Crippen molar-refractivity contribution in [2.75, 3.05) is 5.32 Å². The van der Waals surface area contributed by atoms with Crippen LogP contribution in [-0.4, -0.2) is 4.98 Å². The Morgan fingerprint density at radius 1 is 1.10 bits per heavy atom. The van der Waals surface area contributed by atoms with Gasteiger partial charge in [-0.25, -0.2) is 4.98 Å². The number of hydrogen-bond acceptors (Lipinski definition) is 3. The van der Waals surface area contributed by atoms with Crippen LogP contribution in [0.2, 0.25) is 5.02 Å². The smallest absolute Gasteiger partial charge is 0.188 e. The summed E-state index contributed by atoms with van der Waals surface area (Å²) in [5.74, 6) is 0. The Morgan fingerprint density at radius 3 is 2.48 bits per heavy atom. The Kier molecular flexibility index (Phi) is 4.13. The number of halogens is 1. The van der Waals surface area contributed by atoms with Crippen molar-refractivity contribution in [2.24, 2.45) is 0 Å². The lowest BCUT2D eigenvalue weighted by Crippen LogP contribution is -1.99. The van der Waals surface area contributed by atoms with E-state index in [1.54, 1.807) is 11.3 Å². The SMILES string of the molecule is CCc1cccc(CC)c1Nc1nc2cc(Cl)ccc2s1. The highest BCUT2D eigenvalue weighted by molar-refractivity contribution is 7.22. The van der Waals surface area contributed by atoms with E-state index in [4.69, 9.17) is 11.6 Å². The third-order valence-corrected chi connectivity index (χ3v) is 4.77. The van der Waals surface area contributed by atoms with Crippen LogP contribution < -0.4 is 5.32 Å². The Labute approximate surface area is 133 Å². The van der Waals surface area contributed by atoms with E-state index in [2.05, 4.69) is 42.3 Å². The quantitative estimate of drug-likeness (QED) is 0.656. The van der Waals surface area contributed by atoms with Crippen molar-refractivity contribution in [2.45, 2.75) is 26.7 Å². The van der Waals surface area contributed by atoms with E-state index in [-0.39, 0.29) is 0 Å². The molecule has 1 aromatic heterocycles. The summed E-state index contributed by atoms with van der Waals surface area (Å²) in [6.45, 7) is 4.36. The molecule has 4 heteroatoms. The van der Waals surface area contributed by atoms with E-state index in [1.807, 2.05) is 18.2 Å². The van der Waals surface area contributed by atoms with E-state index >= 15 is 0 Å². The van der Waals surface area contributed by atoms with Crippen LogP contribution >= 0.6 is 22.9 Å². The molecular formula is C17H17ClN2S. The van der Waals surface area contributed by atoms with Crippen LogP contribution in [0.15, 0.2) is 36.4 Å². The lowest BCUT2D eigenvalue weighted by molar-refractivity contribution is 1.09. The number of aryl methyl sites for hydroxylation is 2. The second-order valence-corrected chi connectivity index (χ2v) is 6.38.